The molecule has 7 nitrogen and oxygen atoms in total. The van der Waals surface area contributed by atoms with Crippen molar-refractivity contribution < 1.29 is 22.4 Å². The van der Waals surface area contributed by atoms with Gasteiger partial charge in [0.1, 0.15) is 18.4 Å². The number of amides is 2. The number of carbonyl (C=O) groups is 2. The summed E-state index contributed by atoms with van der Waals surface area (Å²) in [4.78, 5) is 28.0. The molecule has 3 aromatic rings. The van der Waals surface area contributed by atoms with Crippen molar-refractivity contribution in [1.29, 1.82) is 0 Å². The fourth-order valence-electron chi connectivity index (χ4n) is 3.75. The monoisotopic (exact) mass is 559 g/mol. The van der Waals surface area contributed by atoms with E-state index in [1.165, 1.54) is 35.2 Å². The first kappa shape index (κ1) is 29.1. The summed E-state index contributed by atoms with van der Waals surface area (Å²) in [6, 6.07) is 18.6. The van der Waals surface area contributed by atoms with Crippen molar-refractivity contribution in [2.75, 3.05) is 10.8 Å². The van der Waals surface area contributed by atoms with Crippen LogP contribution in [0.5, 0.6) is 0 Å². The summed E-state index contributed by atoms with van der Waals surface area (Å²) in [6.45, 7) is 4.54. The first-order valence-electron chi connectivity index (χ1n) is 12.2. The van der Waals surface area contributed by atoms with Gasteiger partial charge in [-0.15, -0.1) is 0 Å². The Labute approximate surface area is 228 Å². The van der Waals surface area contributed by atoms with Crippen molar-refractivity contribution in [1.82, 2.24) is 10.2 Å². The molecule has 202 valence electrons. The maximum absolute atomic E-state index is 14.9. The summed E-state index contributed by atoms with van der Waals surface area (Å²) in [6.07, 6.45) is 0.688. The van der Waals surface area contributed by atoms with Crippen molar-refractivity contribution >= 4 is 39.1 Å². The number of rotatable bonds is 11. The van der Waals surface area contributed by atoms with Crippen LogP contribution in [0.2, 0.25) is 5.02 Å². The lowest BCUT2D eigenvalue weighted by molar-refractivity contribution is -0.139. The standard InChI is InChI=1S/C28H31ClFN3O4S/c1-4-20(2)31-28(35)21(3)32(18-22-12-8-9-15-24(22)29)27(34)19-33(26-17-11-10-16-25(26)30)38(36,37)23-13-6-5-7-14-23/h5-17,20-21H,4,18-19H2,1-3H3,(H,31,35)/t20-,21+/m0/s1. The minimum atomic E-state index is -4.34. The van der Waals surface area contributed by atoms with E-state index in [1.54, 1.807) is 49.4 Å². The number of benzene rings is 3. The average Bonchev–Trinajstić information content (AvgIpc) is 2.91. The summed E-state index contributed by atoms with van der Waals surface area (Å²) < 4.78 is 42.9. The molecule has 2 atom stereocenters. The number of halogens is 2. The van der Waals surface area contributed by atoms with E-state index in [9.17, 15) is 22.4 Å². The summed E-state index contributed by atoms with van der Waals surface area (Å²) in [5.74, 6) is -1.90. The fourth-order valence-corrected chi connectivity index (χ4v) is 5.38. The number of sulfonamides is 1. The second-order valence-corrected chi connectivity index (χ2v) is 11.2. The van der Waals surface area contributed by atoms with E-state index < -0.39 is 40.2 Å². The van der Waals surface area contributed by atoms with Crippen LogP contribution in [0.3, 0.4) is 0 Å². The van der Waals surface area contributed by atoms with Crippen LogP contribution < -0.4 is 9.62 Å². The van der Waals surface area contributed by atoms with Gasteiger partial charge in [0.15, 0.2) is 0 Å². The normalized spacial score (nSPS) is 12.9. The van der Waals surface area contributed by atoms with Gasteiger partial charge in [0.25, 0.3) is 10.0 Å². The Morgan fingerprint density at radius 1 is 0.947 bits per heavy atom. The lowest BCUT2D eigenvalue weighted by atomic mass is 10.1. The molecule has 0 spiro atoms. The van der Waals surface area contributed by atoms with Crippen LogP contribution in [-0.4, -0.2) is 43.8 Å². The molecule has 0 fully saturated rings. The van der Waals surface area contributed by atoms with Crippen LogP contribution in [0.15, 0.2) is 83.8 Å². The number of hydrogen-bond acceptors (Lipinski definition) is 4. The Balaban J connectivity index is 2.04. The molecule has 2 amide bonds. The van der Waals surface area contributed by atoms with Crippen LogP contribution in [0.4, 0.5) is 10.1 Å². The van der Waals surface area contributed by atoms with Crippen LogP contribution in [0.1, 0.15) is 32.8 Å². The van der Waals surface area contributed by atoms with E-state index in [0.717, 1.165) is 10.4 Å². The van der Waals surface area contributed by atoms with Gasteiger partial charge in [0.05, 0.1) is 10.6 Å². The van der Waals surface area contributed by atoms with Gasteiger partial charge in [0.2, 0.25) is 11.8 Å². The van der Waals surface area contributed by atoms with E-state index >= 15 is 0 Å². The molecule has 1 N–H and O–H groups in total. The Hall–Kier alpha value is -3.43. The highest BCUT2D eigenvalue weighted by Gasteiger charge is 2.34. The zero-order valence-corrected chi connectivity index (χ0v) is 23.0. The van der Waals surface area contributed by atoms with E-state index in [2.05, 4.69) is 5.32 Å². The Kier molecular flexibility index (Phi) is 9.88. The van der Waals surface area contributed by atoms with Crippen LogP contribution in [-0.2, 0) is 26.2 Å². The molecule has 0 saturated heterocycles. The van der Waals surface area contributed by atoms with Gasteiger partial charge >= 0.3 is 0 Å². The quantitative estimate of drug-likeness (QED) is 0.358. The molecule has 0 aliphatic heterocycles. The maximum atomic E-state index is 14.9. The predicted molar refractivity (Wildman–Crippen MR) is 147 cm³/mol. The molecular weight excluding hydrogens is 529 g/mol. The summed E-state index contributed by atoms with van der Waals surface area (Å²) in [5.41, 5.74) is 0.299. The van der Waals surface area contributed by atoms with E-state index in [0.29, 0.717) is 17.0 Å². The highest BCUT2D eigenvalue weighted by Crippen LogP contribution is 2.27. The molecule has 0 bridgehead atoms. The number of carbonyl (C=O) groups excluding carboxylic acids is 2. The number of hydrogen-bond donors (Lipinski definition) is 1. The minimum Gasteiger partial charge on any atom is -0.352 e. The fraction of sp³-hybridized carbons (Fsp3) is 0.286. The molecule has 0 aliphatic rings. The zero-order valence-electron chi connectivity index (χ0n) is 21.5. The predicted octanol–water partition coefficient (Wildman–Crippen LogP) is 5.01. The first-order valence-corrected chi connectivity index (χ1v) is 14.0. The molecule has 0 saturated carbocycles. The molecule has 0 aromatic heterocycles. The van der Waals surface area contributed by atoms with Crippen molar-refractivity contribution in [3.8, 4) is 0 Å². The maximum Gasteiger partial charge on any atom is 0.264 e. The van der Waals surface area contributed by atoms with Gasteiger partial charge in [-0.05, 0) is 56.2 Å². The van der Waals surface area contributed by atoms with Gasteiger partial charge in [-0.3, -0.25) is 13.9 Å². The van der Waals surface area contributed by atoms with Crippen molar-refractivity contribution in [3.63, 3.8) is 0 Å². The van der Waals surface area contributed by atoms with E-state index in [4.69, 9.17) is 11.6 Å². The van der Waals surface area contributed by atoms with Crippen molar-refractivity contribution in [2.24, 2.45) is 0 Å². The molecule has 0 heterocycles. The molecule has 10 heteroatoms. The first-order chi connectivity index (χ1) is 18.1. The van der Waals surface area contributed by atoms with Crippen LogP contribution in [0, 0.1) is 5.82 Å². The molecule has 0 radical (unpaired) electrons. The highest BCUT2D eigenvalue weighted by molar-refractivity contribution is 7.92. The largest absolute Gasteiger partial charge is 0.352 e. The average molecular weight is 560 g/mol. The van der Waals surface area contributed by atoms with E-state index in [1.807, 2.05) is 13.8 Å². The molecule has 38 heavy (non-hydrogen) atoms. The SMILES string of the molecule is CC[C@H](C)NC(=O)[C@@H](C)N(Cc1ccccc1Cl)C(=O)CN(c1ccccc1F)S(=O)(=O)c1ccccc1. The van der Waals surface area contributed by atoms with Gasteiger partial charge in [-0.2, -0.15) is 0 Å². The van der Waals surface area contributed by atoms with Gasteiger partial charge in [-0.1, -0.05) is 67.1 Å². The number of nitrogens with one attached hydrogen (secondary N) is 1. The third-order valence-electron chi connectivity index (χ3n) is 6.20. The van der Waals surface area contributed by atoms with E-state index in [-0.39, 0.29) is 23.2 Å². The zero-order chi connectivity index (χ0) is 27.9. The van der Waals surface area contributed by atoms with Gasteiger partial charge in [0, 0.05) is 17.6 Å². The Morgan fingerprint density at radius 2 is 1.55 bits per heavy atom. The second kappa shape index (κ2) is 12.9. The Morgan fingerprint density at radius 3 is 2.18 bits per heavy atom. The van der Waals surface area contributed by atoms with Crippen LogP contribution in [0.25, 0.3) is 0 Å². The molecule has 3 aromatic carbocycles. The third kappa shape index (κ3) is 6.90. The summed E-state index contributed by atoms with van der Waals surface area (Å²) in [5, 5.41) is 3.25. The third-order valence-corrected chi connectivity index (χ3v) is 8.34. The Bertz CT molecular complexity index is 1370. The topological polar surface area (TPSA) is 86.8 Å². The number of nitrogens with zero attached hydrogens (tertiary/aromatic N) is 2. The summed E-state index contributed by atoms with van der Waals surface area (Å²) >= 11 is 6.34. The van der Waals surface area contributed by atoms with Gasteiger partial charge in [-0.25, -0.2) is 12.8 Å². The molecule has 3 rings (SSSR count). The molecular formula is C28H31ClFN3O4S. The lowest BCUT2D eigenvalue weighted by Gasteiger charge is -2.32. The van der Waals surface area contributed by atoms with Crippen molar-refractivity contribution in [3.05, 3.63) is 95.3 Å². The highest BCUT2D eigenvalue weighted by atomic mass is 35.5. The van der Waals surface area contributed by atoms with Crippen LogP contribution >= 0.6 is 11.6 Å². The summed E-state index contributed by atoms with van der Waals surface area (Å²) in [7, 11) is -4.34. The number of anilines is 1. The van der Waals surface area contributed by atoms with Crippen molar-refractivity contribution in [2.45, 2.75) is 50.7 Å². The lowest BCUT2D eigenvalue weighted by Crippen LogP contribution is -2.52. The minimum absolute atomic E-state index is 0.0515. The molecule has 0 aliphatic carbocycles. The second-order valence-electron chi connectivity index (χ2n) is 8.88. The molecule has 0 unspecified atom stereocenters. The number of para-hydroxylation sites is 1. The van der Waals surface area contributed by atoms with Gasteiger partial charge < -0.3 is 10.2 Å². The smallest absolute Gasteiger partial charge is 0.264 e.